The molecule has 0 spiro atoms. The lowest BCUT2D eigenvalue weighted by atomic mass is 9.94. The number of carbonyl (C=O) groups is 2. The van der Waals surface area contributed by atoms with Crippen molar-refractivity contribution in [3.63, 3.8) is 0 Å². The first-order chi connectivity index (χ1) is 16.2. The molecule has 0 saturated heterocycles. The maximum Gasteiger partial charge on any atom is 0.322 e. The van der Waals surface area contributed by atoms with Crippen molar-refractivity contribution in [1.29, 1.82) is 0 Å². The van der Waals surface area contributed by atoms with Crippen LogP contribution < -0.4 is 10.0 Å². The number of hydrogen-bond acceptors (Lipinski definition) is 9. The van der Waals surface area contributed by atoms with Crippen molar-refractivity contribution in [3.05, 3.63) is 35.6 Å². The summed E-state index contributed by atoms with van der Waals surface area (Å²) in [7, 11) is -3.93. The summed E-state index contributed by atoms with van der Waals surface area (Å²) >= 11 is 5.62. The molecule has 2 aromatic rings. The van der Waals surface area contributed by atoms with Crippen molar-refractivity contribution in [3.8, 4) is 0 Å². The Kier molecular flexibility index (Phi) is 10.6. The number of ether oxygens (including phenoxy) is 2. The summed E-state index contributed by atoms with van der Waals surface area (Å²) in [6.07, 6.45) is 3.18. The zero-order valence-electron chi connectivity index (χ0n) is 19.4. The Bertz CT molecular complexity index is 1020. The molecule has 10 nitrogen and oxygen atoms in total. The van der Waals surface area contributed by atoms with Crippen LogP contribution in [0.2, 0.25) is 5.22 Å². The average molecular weight is 516 g/mol. The lowest BCUT2D eigenvalue weighted by Gasteiger charge is -2.26. The van der Waals surface area contributed by atoms with E-state index >= 15 is 0 Å². The van der Waals surface area contributed by atoms with Crippen molar-refractivity contribution in [2.45, 2.75) is 57.4 Å². The average Bonchev–Trinajstić information content (AvgIpc) is 3.18. The molecule has 0 bridgehead atoms. The van der Waals surface area contributed by atoms with Crippen molar-refractivity contribution < 1.29 is 32.0 Å². The molecule has 34 heavy (non-hydrogen) atoms. The van der Waals surface area contributed by atoms with Crippen molar-refractivity contribution in [1.82, 2.24) is 5.16 Å². The molecule has 2 rings (SSSR count). The first-order valence-corrected chi connectivity index (χ1v) is 12.9. The Balaban J connectivity index is 2.24. The number of hydrogen-bond donors (Lipinski definition) is 2. The Morgan fingerprint density at radius 1 is 1.06 bits per heavy atom. The molecule has 1 heterocycles. The van der Waals surface area contributed by atoms with Gasteiger partial charge in [-0.05, 0) is 56.1 Å². The second kappa shape index (κ2) is 13.2. The van der Waals surface area contributed by atoms with Crippen LogP contribution in [0.4, 0.5) is 11.5 Å². The van der Waals surface area contributed by atoms with E-state index < -0.39 is 33.9 Å². The topological polar surface area (TPSA) is 137 Å². The normalized spacial score (nSPS) is 12.3. The van der Waals surface area contributed by atoms with Gasteiger partial charge in [0.05, 0.1) is 24.2 Å². The van der Waals surface area contributed by atoms with E-state index in [1.54, 1.807) is 26.0 Å². The Hall–Kier alpha value is -2.79. The number of anilines is 2. The summed E-state index contributed by atoms with van der Waals surface area (Å²) in [4.78, 5) is 25.2. The fraction of sp³-hybridized carbons (Fsp3) is 0.500. The SMILES string of the molecule is CCCCCC(Nc1ccc(S(=O)(=O)Nc2cc(Cl)on2)cc1)C(C(=O)OCC)C(=O)OCC. The van der Waals surface area contributed by atoms with Crippen LogP contribution in [-0.2, 0) is 29.1 Å². The number of halogens is 1. The van der Waals surface area contributed by atoms with E-state index in [0.717, 1.165) is 19.3 Å². The Morgan fingerprint density at radius 3 is 2.18 bits per heavy atom. The zero-order chi connectivity index (χ0) is 25.1. The van der Waals surface area contributed by atoms with Crippen LogP contribution in [0.1, 0.15) is 46.5 Å². The van der Waals surface area contributed by atoms with Crippen LogP contribution in [0.5, 0.6) is 0 Å². The molecule has 0 radical (unpaired) electrons. The summed E-state index contributed by atoms with van der Waals surface area (Å²) in [5, 5.41) is 6.64. The number of nitrogens with zero attached hydrogens (tertiary/aromatic N) is 1. The predicted octanol–water partition coefficient (Wildman–Crippen LogP) is 4.23. The Morgan fingerprint density at radius 2 is 1.68 bits per heavy atom. The largest absolute Gasteiger partial charge is 0.465 e. The lowest BCUT2D eigenvalue weighted by molar-refractivity contribution is -0.162. The molecule has 0 amide bonds. The summed E-state index contributed by atoms with van der Waals surface area (Å²) in [6, 6.07) is 6.51. The number of aromatic nitrogens is 1. The van der Waals surface area contributed by atoms with Gasteiger partial charge < -0.3 is 19.3 Å². The third-order valence-corrected chi connectivity index (χ3v) is 6.39. The molecule has 0 aliphatic carbocycles. The predicted molar refractivity (Wildman–Crippen MR) is 127 cm³/mol. The standard InChI is InChI=1S/C22H30ClN3O7S/c1-4-7-8-9-17(20(21(27)31-5-2)22(28)32-6-3)24-15-10-12-16(13-11-15)34(29,30)26-19-14-18(23)33-25-19/h10-14,17,20,24H,4-9H2,1-3H3,(H,25,26). The van der Waals surface area contributed by atoms with E-state index in [0.29, 0.717) is 12.1 Å². The molecule has 1 atom stereocenters. The number of nitrogens with one attached hydrogen (secondary N) is 2. The van der Waals surface area contributed by atoms with Gasteiger partial charge in [0, 0.05) is 11.8 Å². The van der Waals surface area contributed by atoms with Gasteiger partial charge in [0.25, 0.3) is 10.0 Å². The number of benzene rings is 1. The fourth-order valence-electron chi connectivity index (χ4n) is 3.27. The van der Waals surface area contributed by atoms with Crippen molar-refractivity contribution >= 4 is 45.1 Å². The molecule has 1 aromatic carbocycles. The third-order valence-electron chi connectivity index (χ3n) is 4.84. The number of unbranched alkanes of at least 4 members (excludes halogenated alkanes) is 2. The van der Waals surface area contributed by atoms with E-state index in [1.165, 1.54) is 18.2 Å². The lowest BCUT2D eigenvalue weighted by Crippen LogP contribution is -2.42. The van der Waals surface area contributed by atoms with Crippen LogP contribution in [0.15, 0.2) is 39.8 Å². The van der Waals surface area contributed by atoms with E-state index in [9.17, 15) is 18.0 Å². The molecule has 12 heteroatoms. The maximum absolute atomic E-state index is 12.6. The summed E-state index contributed by atoms with van der Waals surface area (Å²) in [6.45, 7) is 5.65. The van der Waals surface area contributed by atoms with Crippen LogP contribution in [0, 0.1) is 5.92 Å². The van der Waals surface area contributed by atoms with Gasteiger partial charge in [-0.15, -0.1) is 0 Å². The van der Waals surface area contributed by atoms with E-state index in [2.05, 4.69) is 26.6 Å². The van der Waals surface area contributed by atoms with E-state index in [-0.39, 0.29) is 29.1 Å². The molecule has 1 unspecified atom stereocenters. The summed E-state index contributed by atoms with van der Waals surface area (Å²) in [5.74, 6) is -2.53. The highest BCUT2D eigenvalue weighted by atomic mass is 35.5. The molecule has 0 aliphatic rings. The number of sulfonamides is 1. The molecule has 0 aliphatic heterocycles. The van der Waals surface area contributed by atoms with Crippen LogP contribution in [0.3, 0.4) is 0 Å². The van der Waals surface area contributed by atoms with Gasteiger partial charge in [-0.25, -0.2) is 8.42 Å². The highest BCUT2D eigenvalue weighted by molar-refractivity contribution is 7.92. The van der Waals surface area contributed by atoms with Gasteiger partial charge >= 0.3 is 11.9 Å². The maximum atomic E-state index is 12.6. The summed E-state index contributed by atoms with van der Waals surface area (Å²) in [5.41, 5.74) is 0.531. The molecule has 2 N–H and O–H groups in total. The summed E-state index contributed by atoms with van der Waals surface area (Å²) < 4.78 is 42.3. The number of esters is 2. The van der Waals surface area contributed by atoms with E-state index in [1.807, 2.05) is 0 Å². The van der Waals surface area contributed by atoms with Gasteiger partial charge in [-0.2, -0.15) is 0 Å². The number of rotatable bonds is 14. The molecule has 188 valence electrons. The highest BCUT2D eigenvalue weighted by Gasteiger charge is 2.37. The number of carbonyl (C=O) groups excluding carboxylic acids is 2. The van der Waals surface area contributed by atoms with Gasteiger partial charge in [0.15, 0.2) is 11.7 Å². The van der Waals surface area contributed by atoms with Crippen molar-refractivity contribution in [2.24, 2.45) is 5.92 Å². The molecule has 0 fully saturated rings. The fourth-order valence-corrected chi connectivity index (χ4v) is 4.39. The van der Waals surface area contributed by atoms with Gasteiger partial charge in [-0.3, -0.25) is 14.3 Å². The second-order valence-corrected chi connectivity index (χ2v) is 9.43. The van der Waals surface area contributed by atoms with Gasteiger partial charge in [0.2, 0.25) is 5.22 Å². The van der Waals surface area contributed by atoms with Gasteiger partial charge in [0.1, 0.15) is 0 Å². The smallest absolute Gasteiger partial charge is 0.322 e. The minimum Gasteiger partial charge on any atom is -0.465 e. The van der Waals surface area contributed by atoms with Gasteiger partial charge in [-0.1, -0.05) is 31.3 Å². The van der Waals surface area contributed by atoms with E-state index in [4.69, 9.17) is 21.1 Å². The first kappa shape index (κ1) is 27.5. The molecule has 1 aromatic heterocycles. The second-order valence-electron chi connectivity index (χ2n) is 7.37. The molecule has 0 saturated carbocycles. The minimum absolute atomic E-state index is 0.0213. The molecular weight excluding hydrogens is 486 g/mol. The zero-order valence-corrected chi connectivity index (χ0v) is 20.9. The third kappa shape index (κ3) is 7.91. The Labute approximate surface area is 204 Å². The monoisotopic (exact) mass is 515 g/mol. The van der Waals surface area contributed by atoms with Crippen LogP contribution in [-0.4, -0.2) is 44.8 Å². The quantitative estimate of drug-likeness (QED) is 0.215. The first-order valence-electron chi connectivity index (χ1n) is 11.1. The van der Waals surface area contributed by atoms with Crippen molar-refractivity contribution in [2.75, 3.05) is 23.3 Å². The van der Waals surface area contributed by atoms with Crippen LogP contribution >= 0.6 is 11.6 Å². The molecular formula is C22H30ClN3O7S. The van der Waals surface area contributed by atoms with Crippen LogP contribution in [0.25, 0.3) is 0 Å². The minimum atomic E-state index is -3.93. The highest BCUT2D eigenvalue weighted by Crippen LogP contribution is 2.24.